The molecule has 0 radical (unpaired) electrons. The second kappa shape index (κ2) is 4.17. The van der Waals surface area contributed by atoms with Gasteiger partial charge in [-0.3, -0.25) is 9.59 Å². The van der Waals surface area contributed by atoms with E-state index in [1.807, 2.05) is 13.2 Å². The van der Waals surface area contributed by atoms with Gasteiger partial charge in [0.05, 0.1) is 5.60 Å². The van der Waals surface area contributed by atoms with Crippen molar-refractivity contribution in [2.75, 3.05) is 7.11 Å². The van der Waals surface area contributed by atoms with Gasteiger partial charge in [-0.05, 0) is 67.9 Å². The first-order valence-corrected chi connectivity index (χ1v) is 9.29. The molecular formula is C20H26O3. The largest absolute Gasteiger partial charge is 0.374 e. The molecule has 3 heteroatoms. The molecule has 4 fully saturated rings. The van der Waals surface area contributed by atoms with E-state index in [2.05, 4.69) is 6.92 Å². The first-order chi connectivity index (χ1) is 11.0. The van der Waals surface area contributed by atoms with E-state index in [0.29, 0.717) is 30.0 Å². The van der Waals surface area contributed by atoms with Gasteiger partial charge < -0.3 is 4.74 Å². The molecule has 0 aliphatic heterocycles. The summed E-state index contributed by atoms with van der Waals surface area (Å²) in [5, 5.41) is 0. The highest BCUT2D eigenvalue weighted by Gasteiger charge is 2.72. The molecule has 5 aliphatic rings. The van der Waals surface area contributed by atoms with Gasteiger partial charge in [0.15, 0.2) is 5.78 Å². The third-order valence-electron chi connectivity index (χ3n) is 8.56. The Morgan fingerprint density at radius 2 is 1.96 bits per heavy atom. The number of ether oxygens (including phenoxy) is 1. The molecule has 4 saturated carbocycles. The lowest BCUT2D eigenvalue weighted by Crippen LogP contribution is -2.69. The van der Waals surface area contributed by atoms with E-state index in [4.69, 9.17) is 4.74 Å². The molecular weight excluding hydrogens is 288 g/mol. The lowest BCUT2D eigenvalue weighted by Gasteiger charge is -2.71. The number of hydrogen-bond acceptors (Lipinski definition) is 3. The van der Waals surface area contributed by atoms with E-state index in [9.17, 15) is 9.59 Å². The quantitative estimate of drug-likeness (QED) is 0.744. The van der Waals surface area contributed by atoms with E-state index in [-0.39, 0.29) is 22.2 Å². The monoisotopic (exact) mass is 314 g/mol. The van der Waals surface area contributed by atoms with Crippen molar-refractivity contribution in [3.8, 4) is 0 Å². The molecule has 3 nitrogen and oxygen atoms in total. The molecule has 0 heterocycles. The van der Waals surface area contributed by atoms with Gasteiger partial charge in [-0.2, -0.15) is 0 Å². The van der Waals surface area contributed by atoms with Crippen molar-refractivity contribution in [2.24, 2.45) is 28.6 Å². The summed E-state index contributed by atoms with van der Waals surface area (Å²) < 4.78 is 6.01. The molecule has 5 aliphatic carbocycles. The van der Waals surface area contributed by atoms with Gasteiger partial charge in [0.2, 0.25) is 0 Å². The van der Waals surface area contributed by atoms with Gasteiger partial charge in [0, 0.05) is 30.8 Å². The average molecular weight is 314 g/mol. The predicted octanol–water partition coefficient (Wildman–Crippen LogP) is 3.47. The summed E-state index contributed by atoms with van der Waals surface area (Å²) in [4.78, 5) is 24.5. The maximum Gasteiger partial charge on any atom is 0.155 e. The number of carbonyl (C=O) groups is 2. The van der Waals surface area contributed by atoms with Crippen LogP contribution < -0.4 is 0 Å². The Bertz CT molecular complexity index is 649. The van der Waals surface area contributed by atoms with Crippen molar-refractivity contribution in [3.05, 3.63) is 11.6 Å². The number of carbonyl (C=O) groups excluding carboxylic acids is 2. The predicted molar refractivity (Wildman–Crippen MR) is 85.8 cm³/mol. The highest BCUT2D eigenvalue weighted by atomic mass is 16.5. The normalized spacial score (nSPS) is 53.8. The maximum atomic E-state index is 12.5. The van der Waals surface area contributed by atoms with Crippen molar-refractivity contribution >= 4 is 11.6 Å². The van der Waals surface area contributed by atoms with Crippen molar-refractivity contribution in [1.82, 2.24) is 0 Å². The number of ketones is 2. The lowest BCUT2D eigenvalue weighted by molar-refractivity contribution is -0.206. The SMILES string of the molecule is COC12CC3C4CCC(=O)C4(C)CCC3C3(CCC(=O)C=C13)C2. The number of methoxy groups -OCH3 is 1. The Morgan fingerprint density at radius 3 is 2.74 bits per heavy atom. The topological polar surface area (TPSA) is 43.4 Å². The van der Waals surface area contributed by atoms with Crippen LogP contribution in [0.5, 0.6) is 0 Å². The van der Waals surface area contributed by atoms with Crippen LogP contribution in [0.4, 0.5) is 0 Å². The highest BCUT2D eigenvalue weighted by Crippen LogP contribution is 2.75. The van der Waals surface area contributed by atoms with Gasteiger partial charge in [-0.25, -0.2) is 0 Å². The Morgan fingerprint density at radius 1 is 1.13 bits per heavy atom. The first-order valence-electron chi connectivity index (χ1n) is 9.29. The molecule has 23 heavy (non-hydrogen) atoms. The van der Waals surface area contributed by atoms with E-state index in [1.165, 1.54) is 5.57 Å². The van der Waals surface area contributed by atoms with Gasteiger partial charge in [-0.15, -0.1) is 0 Å². The van der Waals surface area contributed by atoms with E-state index >= 15 is 0 Å². The van der Waals surface area contributed by atoms with Gasteiger partial charge in [-0.1, -0.05) is 6.92 Å². The zero-order chi connectivity index (χ0) is 16.0. The van der Waals surface area contributed by atoms with Gasteiger partial charge in [0.25, 0.3) is 0 Å². The van der Waals surface area contributed by atoms with Gasteiger partial charge in [0.1, 0.15) is 5.78 Å². The minimum absolute atomic E-state index is 0.0785. The van der Waals surface area contributed by atoms with Crippen LogP contribution in [0.2, 0.25) is 0 Å². The molecule has 0 aromatic rings. The summed E-state index contributed by atoms with van der Waals surface area (Å²) in [5.74, 6) is 2.60. The Kier molecular flexibility index (Phi) is 2.61. The Balaban J connectivity index is 1.59. The van der Waals surface area contributed by atoms with Crippen molar-refractivity contribution in [2.45, 2.75) is 63.9 Å². The fraction of sp³-hybridized carbons (Fsp3) is 0.800. The number of Topliss-reactive ketones (excluding diaryl/α,β-unsaturated/α-hetero) is 1. The molecule has 0 aromatic carbocycles. The summed E-state index contributed by atoms with van der Waals surface area (Å²) in [7, 11) is 1.81. The van der Waals surface area contributed by atoms with Crippen LogP contribution in [-0.2, 0) is 14.3 Å². The molecule has 0 saturated heterocycles. The number of hydrogen-bond donors (Lipinski definition) is 0. The Labute approximate surface area is 137 Å². The molecule has 6 unspecified atom stereocenters. The second-order valence-electron chi connectivity index (χ2n) is 9.05. The van der Waals surface area contributed by atoms with Crippen LogP contribution in [0, 0.1) is 28.6 Å². The maximum absolute atomic E-state index is 12.5. The molecule has 0 amide bonds. The number of rotatable bonds is 1. The first kappa shape index (κ1) is 14.4. The zero-order valence-electron chi connectivity index (χ0n) is 14.2. The lowest BCUT2D eigenvalue weighted by atomic mass is 9.35. The van der Waals surface area contributed by atoms with Crippen molar-refractivity contribution in [3.63, 3.8) is 0 Å². The van der Waals surface area contributed by atoms with Crippen LogP contribution in [-0.4, -0.2) is 24.3 Å². The fourth-order valence-corrected chi connectivity index (χ4v) is 7.50. The molecule has 0 aromatic heterocycles. The highest BCUT2D eigenvalue weighted by molar-refractivity contribution is 5.93. The molecule has 6 atom stereocenters. The van der Waals surface area contributed by atoms with E-state index in [1.54, 1.807) is 0 Å². The molecule has 0 spiro atoms. The van der Waals surface area contributed by atoms with Crippen molar-refractivity contribution < 1.29 is 14.3 Å². The average Bonchev–Trinajstić information content (AvgIpc) is 2.85. The summed E-state index contributed by atoms with van der Waals surface area (Å²) in [5.41, 5.74) is 1.27. The molecule has 124 valence electrons. The smallest absolute Gasteiger partial charge is 0.155 e. The van der Waals surface area contributed by atoms with E-state index in [0.717, 1.165) is 44.9 Å². The third kappa shape index (κ3) is 1.47. The Hall–Kier alpha value is -0.960. The van der Waals surface area contributed by atoms with Crippen LogP contribution in [0.15, 0.2) is 11.6 Å². The van der Waals surface area contributed by atoms with Crippen LogP contribution in [0.1, 0.15) is 58.3 Å². The number of fused-ring (bicyclic) bond motifs is 3. The second-order valence-corrected chi connectivity index (χ2v) is 9.05. The summed E-state index contributed by atoms with van der Waals surface area (Å²) in [6, 6.07) is 0. The zero-order valence-corrected chi connectivity index (χ0v) is 14.2. The van der Waals surface area contributed by atoms with E-state index < -0.39 is 0 Å². The standard InChI is InChI=1S/C20H26O3/c1-18-7-6-15-13(14(18)3-4-17(18)22)10-20(23-2)11-19(15)8-5-12(21)9-16(19)20/h9,13-15H,3-8,10-11H2,1-2H3. The molecule has 2 bridgehead atoms. The van der Waals surface area contributed by atoms with Crippen LogP contribution in [0.25, 0.3) is 0 Å². The van der Waals surface area contributed by atoms with Crippen molar-refractivity contribution in [1.29, 1.82) is 0 Å². The molecule has 5 rings (SSSR count). The fourth-order valence-electron chi connectivity index (χ4n) is 7.50. The summed E-state index contributed by atoms with van der Waals surface area (Å²) >= 11 is 0. The van der Waals surface area contributed by atoms with Crippen LogP contribution >= 0.6 is 0 Å². The van der Waals surface area contributed by atoms with Crippen LogP contribution in [0.3, 0.4) is 0 Å². The van der Waals surface area contributed by atoms with Gasteiger partial charge >= 0.3 is 0 Å². The minimum atomic E-state index is -0.193. The summed E-state index contributed by atoms with van der Waals surface area (Å²) in [6.07, 6.45) is 9.85. The molecule has 0 N–H and O–H groups in total. The minimum Gasteiger partial charge on any atom is -0.374 e. The summed E-state index contributed by atoms with van der Waals surface area (Å²) in [6.45, 7) is 2.22. The third-order valence-corrected chi connectivity index (χ3v) is 8.56.